The lowest BCUT2D eigenvalue weighted by Crippen LogP contribution is -2.33. The van der Waals surface area contributed by atoms with E-state index in [1.807, 2.05) is 31.3 Å². The number of rotatable bonds is 8. The van der Waals surface area contributed by atoms with Crippen molar-refractivity contribution in [1.29, 1.82) is 0 Å². The van der Waals surface area contributed by atoms with Crippen molar-refractivity contribution < 1.29 is 9.53 Å². The van der Waals surface area contributed by atoms with Gasteiger partial charge in [0.05, 0.1) is 18.4 Å². The molecule has 0 aliphatic carbocycles. The summed E-state index contributed by atoms with van der Waals surface area (Å²) in [5.41, 5.74) is 2.32. The molecule has 0 unspecified atom stereocenters. The minimum Gasteiger partial charge on any atom is -0.497 e. The topological polar surface area (TPSA) is 56.2 Å². The lowest BCUT2D eigenvalue weighted by molar-refractivity contribution is -0.119. The summed E-state index contributed by atoms with van der Waals surface area (Å²) in [6.07, 6.45) is 4.81. The monoisotopic (exact) mass is 383 g/mol. The highest BCUT2D eigenvalue weighted by Crippen LogP contribution is 2.27. The van der Waals surface area contributed by atoms with Gasteiger partial charge in [-0.2, -0.15) is 0 Å². The van der Waals surface area contributed by atoms with Gasteiger partial charge in [0.25, 0.3) is 0 Å². The van der Waals surface area contributed by atoms with Gasteiger partial charge in [-0.15, -0.1) is 0 Å². The molecule has 0 aliphatic heterocycles. The summed E-state index contributed by atoms with van der Waals surface area (Å²) in [4.78, 5) is 16.5. The molecule has 2 heterocycles. The van der Waals surface area contributed by atoms with Gasteiger partial charge in [0.2, 0.25) is 5.91 Å². The summed E-state index contributed by atoms with van der Waals surface area (Å²) in [5.74, 6) is 1.28. The first-order valence-electron chi connectivity index (χ1n) is 9.09. The zero-order valence-corrected chi connectivity index (χ0v) is 16.8. The molecule has 5 nitrogen and oxygen atoms in total. The van der Waals surface area contributed by atoms with Crippen molar-refractivity contribution >= 4 is 28.6 Å². The second-order valence-electron chi connectivity index (χ2n) is 6.51. The number of nitrogens with zero attached hydrogens (tertiary/aromatic N) is 2. The summed E-state index contributed by atoms with van der Waals surface area (Å²) in [7, 11) is 1.67. The van der Waals surface area contributed by atoms with Crippen LogP contribution in [0.1, 0.15) is 25.8 Å². The number of carbonyl (C=O) groups excluding carboxylic acids is 1. The number of pyridine rings is 1. The molecule has 0 spiro atoms. The Kier molecular flexibility index (Phi) is 6.40. The van der Waals surface area contributed by atoms with Gasteiger partial charge in [-0.3, -0.25) is 4.79 Å². The van der Waals surface area contributed by atoms with Crippen molar-refractivity contribution in [3.05, 3.63) is 54.4 Å². The number of aromatic nitrogens is 2. The van der Waals surface area contributed by atoms with Crippen molar-refractivity contribution in [3.8, 4) is 5.75 Å². The van der Waals surface area contributed by atoms with E-state index < -0.39 is 0 Å². The number of nitrogens with one attached hydrogen (secondary N) is 1. The fraction of sp³-hybridized carbons (Fsp3) is 0.333. The zero-order valence-electron chi connectivity index (χ0n) is 15.9. The van der Waals surface area contributed by atoms with Crippen molar-refractivity contribution in [2.24, 2.45) is 0 Å². The van der Waals surface area contributed by atoms with Crippen LogP contribution in [0.2, 0.25) is 0 Å². The Bertz CT molecular complexity index is 905. The summed E-state index contributed by atoms with van der Waals surface area (Å²) >= 11 is 1.48. The molecule has 1 atom stereocenters. The van der Waals surface area contributed by atoms with Gasteiger partial charge in [0.15, 0.2) is 0 Å². The van der Waals surface area contributed by atoms with Crippen LogP contribution in [0, 0.1) is 0 Å². The second-order valence-corrected chi connectivity index (χ2v) is 7.47. The van der Waals surface area contributed by atoms with Crippen molar-refractivity contribution in [2.45, 2.75) is 37.9 Å². The minimum atomic E-state index is 0.0471. The fourth-order valence-electron chi connectivity index (χ4n) is 2.83. The van der Waals surface area contributed by atoms with Gasteiger partial charge in [0, 0.05) is 30.4 Å². The lowest BCUT2D eigenvalue weighted by Gasteiger charge is -2.11. The minimum absolute atomic E-state index is 0.0471. The van der Waals surface area contributed by atoms with Gasteiger partial charge >= 0.3 is 0 Å². The second kappa shape index (κ2) is 8.95. The number of hydrogen-bond donors (Lipinski definition) is 1. The number of fused-ring (bicyclic) bond motifs is 1. The molecule has 0 radical (unpaired) electrons. The molecule has 2 aromatic heterocycles. The van der Waals surface area contributed by atoms with Crippen molar-refractivity contribution in [2.75, 3.05) is 12.9 Å². The maximum atomic E-state index is 12.0. The molecule has 0 fully saturated rings. The Balaban J connectivity index is 1.73. The molecule has 27 heavy (non-hydrogen) atoms. The molecule has 1 N–H and O–H groups in total. The number of amides is 1. The Morgan fingerprint density at radius 1 is 1.26 bits per heavy atom. The molecule has 142 valence electrons. The van der Waals surface area contributed by atoms with E-state index >= 15 is 0 Å². The van der Waals surface area contributed by atoms with Crippen LogP contribution in [-0.2, 0) is 11.3 Å². The fourth-order valence-corrected chi connectivity index (χ4v) is 3.64. The van der Waals surface area contributed by atoms with Crippen LogP contribution in [0.25, 0.3) is 10.9 Å². The Morgan fingerprint density at radius 3 is 2.74 bits per heavy atom. The van der Waals surface area contributed by atoms with E-state index in [1.165, 1.54) is 17.3 Å². The maximum absolute atomic E-state index is 12.0. The quantitative estimate of drug-likeness (QED) is 0.595. The van der Waals surface area contributed by atoms with Crippen molar-refractivity contribution in [1.82, 2.24) is 14.9 Å². The van der Waals surface area contributed by atoms with Crippen LogP contribution < -0.4 is 10.1 Å². The van der Waals surface area contributed by atoms with Gasteiger partial charge < -0.3 is 14.6 Å². The number of carbonyl (C=O) groups is 1. The summed E-state index contributed by atoms with van der Waals surface area (Å²) in [6.45, 7) is 4.85. The molecule has 0 bridgehead atoms. The largest absolute Gasteiger partial charge is 0.497 e. The Labute approximate surface area is 164 Å². The maximum Gasteiger partial charge on any atom is 0.230 e. The SMILES string of the molecule is CC[C@H](C)NC(=O)CSc1nccc2c1ccn2Cc1ccc(OC)cc1. The first kappa shape index (κ1) is 19.3. The highest BCUT2D eigenvalue weighted by atomic mass is 32.2. The molecule has 0 saturated carbocycles. The van der Waals surface area contributed by atoms with Gasteiger partial charge in [-0.25, -0.2) is 4.98 Å². The number of thioether (sulfide) groups is 1. The predicted molar refractivity (Wildman–Crippen MR) is 110 cm³/mol. The predicted octanol–water partition coefficient (Wildman–Crippen LogP) is 4.10. The summed E-state index contributed by atoms with van der Waals surface area (Å²) < 4.78 is 7.41. The third-order valence-corrected chi connectivity index (χ3v) is 5.54. The van der Waals surface area contributed by atoms with Crippen molar-refractivity contribution in [3.63, 3.8) is 0 Å². The smallest absolute Gasteiger partial charge is 0.230 e. The first-order chi connectivity index (χ1) is 13.1. The van der Waals surface area contributed by atoms with E-state index in [0.717, 1.165) is 34.6 Å². The van der Waals surface area contributed by atoms with E-state index in [1.54, 1.807) is 7.11 Å². The normalized spacial score (nSPS) is 12.1. The van der Waals surface area contributed by atoms with Gasteiger partial charge in [-0.05, 0) is 43.2 Å². The molecule has 1 aromatic carbocycles. The standard InChI is InChI=1S/C21H25N3O2S/c1-4-15(2)23-20(25)14-27-21-18-10-12-24(19(18)9-11-22-21)13-16-5-7-17(26-3)8-6-16/h5-12,15H,4,13-14H2,1-3H3,(H,23,25)/t15-/m0/s1. The van der Waals surface area contributed by atoms with Crippen LogP contribution in [0.5, 0.6) is 5.75 Å². The van der Waals surface area contributed by atoms with E-state index in [2.05, 4.69) is 46.2 Å². The number of benzene rings is 1. The zero-order chi connectivity index (χ0) is 19.2. The molecule has 3 rings (SSSR count). The molecule has 0 aliphatic rings. The Morgan fingerprint density at radius 2 is 2.04 bits per heavy atom. The lowest BCUT2D eigenvalue weighted by atomic mass is 10.2. The van der Waals surface area contributed by atoms with E-state index in [4.69, 9.17) is 4.74 Å². The molecule has 0 saturated heterocycles. The highest BCUT2D eigenvalue weighted by molar-refractivity contribution is 8.00. The third kappa shape index (κ3) is 4.83. The first-order valence-corrected chi connectivity index (χ1v) is 10.1. The summed E-state index contributed by atoms with van der Waals surface area (Å²) in [6, 6.07) is 12.4. The van der Waals surface area contributed by atoms with Gasteiger partial charge in [0.1, 0.15) is 10.8 Å². The Hall–Kier alpha value is -2.47. The molecule has 1 amide bonds. The highest BCUT2D eigenvalue weighted by Gasteiger charge is 2.11. The summed E-state index contributed by atoms with van der Waals surface area (Å²) in [5, 5.41) is 4.96. The van der Waals surface area contributed by atoms with E-state index in [0.29, 0.717) is 5.75 Å². The van der Waals surface area contributed by atoms with Crippen LogP contribution >= 0.6 is 11.8 Å². The molecule has 3 aromatic rings. The number of ether oxygens (including phenoxy) is 1. The molecular weight excluding hydrogens is 358 g/mol. The van der Waals surface area contributed by atoms with E-state index in [-0.39, 0.29) is 11.9 Å². The van der Waals surface area contributed by atoms with Crippen LogP contribution in [-0.4, -0.2) is 34.4 Å². The molecular formula is C21H25N3O2S. The molecule has 6 heteroatoms. The van der Waals surface area contributed by atoms with Gasteiger partial charge in [-0.1, -0.05) is 30.8 Å². The third-order valence-electron chi connectivity index (χ3n) is 4.53. The number of methoxy groups -OCH3 is 1. The average Bonchev–Trinajstić information content (AvgIpc) is 3.10. The van der Waals surface area contributed by atoms with Crippen LogP contribution in [0.4, 0.5) is 0 Å². The van der Waals surface area contributed by atoms with Crippen LogP contribution in [0.15, 0.2) is 53.8 Å². The van der Waals surface area contributed by atoms with E-state index in [9.17, 15) is 4.79 Å². The van der Waals surface area contributed by atoms with Crippen LogP contribution in [0.3, 0.4) is 0 Å². The average molecular weight is 384 g/mol. The number of hydrogen-bond acceptors (Lipinski definition) is 4.